The number of hydrogen-bond acceptors (Lipinski definition) is 5. The molecule has 2 aromatic carbocycles. The zero-order valence-corrected chi connectivity index (χ0v) is 16.4. The summed E-state index contributed by atoms with van der Waals surface area (Å²) in [6.45, 7) is 2.10. The minimum atomic E-state index is -0.396. The van der Waals surface area contributed by atoms with E-state index in [9.17, 15) is 4.79 Å². The molecule has 0 aliphatic heterocycles. The van der Waals surface area contributed by atoms with Crippen molar-refractivity contribution >= 4 is 28.4 Å². The molecule has 0 spiro atoms. The van der Waals surface area contributed by atoms with E-state index in [1.807, 2.05) is 18.2 Å². The number of rotatable bonds is 6. The molecule has 1 amide bonds. The Morgan fingerprint density at radius 2 is 2.00 bits per heavy atom. The first-order valence-electron chi connectivity index (χ1n) is 9.17. The summed E-state index contributed by atoms with van der Waals surface area (Å²) < 4.78 is 0. The van der Waals surface area contributed by atoms with Crippen molar-refractivity contribution in [3.8, 4) is 17.4 Å². The van der Waals surface area contributed by atoms with Gasteiger partial charge in [0.05, 0.1) is 11.2 Å². The lowest BCUT2D eigenvalue weighted by atomic mass is 10.1. The minimum absolute atomic E-state index is 0.205. The molecule has 2 heterocycles. The average Bonchev–Trinajstić information content (AvgIpc) is 3.26. The molecule has 8 heteroatoms. The van der Waals surface area contributed by atoms with Crippen LogP contribution in [0.5, 0.6) is 6.01 Å². The van der Waals surface area contributed by atoms with Gasteiger partial charge in [-0.25, -0.2) is 15.0 Å². The zero-order valence-electron chi connectivity index (χ0n) is 15.6. The van der Waals surface area contributed by atoms with Gasteiger partial charge in [0.1, 0.15) is 0 Å². The molecular weight excluding hydrogens is 390 g/mol. The first-order chi connectivity index (χ1) is 14.1. The third-order valence-corrected chi connectivity index (χ3v) is 4.59. The molecule has 2 N–H and O–H groups in total. The molecule has 146 valence electrons. The Bertz CT molecular complexity index is 1140. The van der Waals surface area contributed by atoms with Crippen LogP contribution in [0.25, 0.3) is 22.3 Å². The minimum Gasteiger partial charge on any atom is -0.339 e. The fourth-order valence-electron chi connectivity index (χ4n) is 2.95. The van der Waals surface area contributed by atoms with E-state index < -0.39 is 5.91 Å². The number of nitrogens with one attached hydrogen (secondary N) is 2. The molecule has 0 saturated carbocycles. The van der Waals surface area contributed by atoms with Crippen molar-refractivity contribution in [1.29, 1.82) is 0 Å². The van der Waals surface area contributed by atoms with Crippen molar-refractivity contribution in [3.63, 3.8) is 0 Å². The summed E-state index contributed by atoms with van der Waals surface area (Å²) in [6, 6.07) is 12.9. The van der Waals surface area contributed by atoms with Gasteiger partial charge in [-0.05, 0) is 42.8 Å². The first-order valence-corrected chi connectivity index (χ1v) is 9.55. The molecule has 0 unspecified atom stereocenters. The number of hydrogen-bond donors (Lipinski definition) is 2. The largest absolute Gasteiger partial charge is 0.339 e. The second-order valence-corrected chi connectivity index (χ2v) is 6.85. The number of imidazole rings is 1. The van der Waals surface area contributed by atoms with Crippen LogP contribution < -0.4 is 10.3 Å². The van der Waals surface area contributed by atoms with Crippen molar-refractivity contribution in [3.05, 3.63) is 71.1 Å². The standard InChI is InChI=1S/C21H18ClN5O2/c1-2-3-17-16-9-6-14(20(28)27-29-21-23-10-11-24-21)12-18(16)26-19(25-17)13-4-7-15(22)8-5-13/h4-12H,2-3H2,1H3,(H,23,24)(H,27,28). The maximum atomic E-state index is 12.5. The first kappa shape index (κ1) is 18.9. The van der Waals surface area contributed by atoms with Crippen molar-refractivity contribution in [1.82, 2.24) is 25.4 Å². The predicted octanol–water partition coefficient (Wildman–Crippen LogP) is 4.35. The average molecular weight is 408 g/mol. The van der Waals surface area contributed by atoms with Crippen molar-refractivity contribution in [2.45, 2.75) is 19.8 Å². The number of benzene rings is 2. The van der Waals surface area contributed by atoms with E-state index in [-0.39, 0.29) is 6.01 Å². The maximum Gasteiger partial charge on any atom is 0.320 e. The third kappa shape index (κ3) is 4.20. The highest BCUT2D eigenvalue weighted by molar-refractivity contribution is 6.30. The molecule has 4 aromatic rings. The monoisotopic (exact) mass is 407 g/mol. The number of halogens is 1. The second-order valence-electron chi connectivity index (χ2n) is 6.41. The Hall–Kier alpha value is -3.45. The number of carbonyl (C=O) groups excluding carboxylic acids is 1. The number of aryl methyl sites for hydroxylation is 1. The third-order valence-electron chi connectivity index (χ3n) is 4.34. The molecule has 0 atom stereocenters. The molecular formula is C21H18ClN5O2. The van der Waals surface area contributed by atoms with Crippen LogP contribution in [0.2, 0.25) is 5.02 Å². The Morgan fingerprint density at radius 1 is 1.17 bits per heavy atom. The summed E-state index contributed by atoms with van der Waals surface area (Å²) in [7, 11) is 0. The summed E-state index contributed by atoms with van der Waals surface area (Å²) in [5, 5.41) is 1.58. The van der Waals surface area contributed by atoms with Crippen molar-refractivity contribution < 1.29 is 9.63 Å². The number of carbonyl (C=O) groups is 1. The summed E-state index contributed by atoms with van der Waals surface area (Å²) in [5.74, 6) is 0.203. The van der Waals surface area contributed by atoms with E-state index in [0.717, 1.165) is 29.5 Å². The molecule has 7 nitrogen and oxygen atoms in total. The highest BCUT2D eigenvalue weighted by atomic mass is 35.5. The molecule has 29 heavy (non-hydrogen) atoms. The zero-order chi connectivity index (χ0) is 20.2. The van der Waals surface area contributed by atoms with E-state index in [2.05, 4.69) is 27.4 Å². The Labute approximate surface area is 172 Å². The van der Waals surface area contributed by atoms with E-state index in [1.165, 1.54) is 6.20 Å². The van der Waals surface area contributed by atoms with Crippen LogP contribution in [0.3, 0.4) is 0 Å². The van der Waals surface area contributed by atoms with Crippen LogP contribution in [-0.4, -0.2) is 25.8 Å². The summed E-state index contributed by atoms with van der Waals surface area (Å²) in [6.07, 6.45) is 4.89. The molecule has 0 saturated heterocycles. The maximum absolute atomic E-state index is 12.5. The summed E-state index contributed by atoms with van der Waals surface area (Å²) in [5.41, 5.74) is 5.30. The number of nitrogens with zero attached hydrogens (tertiary/aromatic N) is 3. The highest BCUT2D eigenvalue weighted by Gasteiger charge is 2.13. The Morgan fingerprint density at radius 3 is 2.72 bits per heavy atom. The lowest BCUT2D eigenvalue weighted by Gasteiger charge is -2.10. The van der Waals surface area contributed by atoms with Gasteiger partial charge < -0.3 is 9.82 Å². The van der Waals surface area contributed by atoms with Crippen LogP contribution in [-0.2, 0) is 6.42 Å². The van der Waals surface area contributed by atoms with E-state index in [1.54, 1.807) is 30.5 Å². The lowest BCUT2D eigenvalue weighted by Crippen LogP contribution is -2.27. The quantitative estimate of drug-likeness (QED) is 0.463. The summed E-state index contributed by atoms with van der Waals surface area (Å²) >= 11 is 5.99. The fraction of sp³-hybridized carbons (Fsp3) is 0.143. The second kappa shape index (κ2) is 8.28. The van der Waals surface area contributed by atoms with Crippen molar-refractivity contribution in [2.75, 3.05) is 0 Å². The van der Waals surface area contributed by atoms with Crippen LogP contribution in [0.1, 0.15) is 29.4 Å². The van der Waals surface area contributed by atoms with Gasteiger partial charge in [0.15, 0.2) is 5.82 Å². The number of amides is 1. The van der Waals surface area contributed by atoms with Gasteiger partial charge in [0.25, 0.3) is 5.91 Å². The van der Waals surface area contributed by atoms with Gasteiger partial charge in [-0.1, -0.05) is 31.0 Å². The van der Waals surface area contributed by atoms with Gasteiger partial charge in [0.2, 0.25) is 0 Å². The Kier molecular flexibility index (Phi) is 5.39. The molecule has 0 aliphatic rings. The fourth-order valence-corrected chi connectivity index (χ4v) is 3.08. The van der Waals surface area contributed by atoms with Crippen LogP contribution >= 0.6 is 11.6 Å². The molecule has 0 bridgehead atoms. The number of aromatic nitrogens is 4. The normalized spacial score (nSPS) is 10.8. The van der Waals surface area contributed by atoms with Gasteiger partial charge in [-0.2, -0.15) is 5.48 Å². The SMILES string of the molecule is CCCc1nc(-c2ccc(Cl)cc2)nc2cc(C(=O)NOc3ncc[nH]3)ccc12. The number of hydroxylamine groups is 1. The number of aromatic amines is 1. The lowest BCUT2D eigenvalue weighted by molar-refractivity contribution is 0.0741. The van der Waals surface area contributed by atoms with Gasteiger partial charge in [0, 0.05) is 33.9 Å². The molecule has 0 radical (unpaired) electrons. The number of fused-ring (bicyclic) bond motifs is 1. The number of H-pyrrole nitrogens is 1. The van der Waals surface area contributed by atoms with E-state index in [0.29, 0.717) is 21.9 Å². The van der Waals surface area contributed by atoms with E-state index in [4.69, 9.17) is 21.4 Å². The van der Waals surface area contributed by atoms with Crippen LogP contribution in [0.4, 0.5) is 0 Å². The predicted molar refractivity (Wildman–Crippen MR) is 111 cm³/mol. The van der Waals surface area contributed by atoms with Gasteiger partial charge in [-0.3, -0.25) is 4.79 Å². The van der Waals surface area contributed by atoms with Crippen LogP contribution in [0.15, 0.2) is 54.9 Å². The molecule has 2 aromatic heterocycles. The molecule has 4 rings (SSSR count). The topological polar surface area (TPSA) is 92.8 Å². The van der Waals surface area contributed by atoms with Gasteiger partial charge >= 0.3 is 6.01 Å². The smallest absolute Gasteiger partial charge is 0.320 e. The van der Waals surface area contributed by atoms with Crippen molar-refractivity contribution in [2.24, 2.45) is 0 Å². The molecule has 0 aliphatic carbocycles. The molecule has 0 fully saturated rings. The van der Waals surface area contributed by atoms with Gasteiger partial charge in [-0.15, -0.1) is 0 Å². The highest BCUT2D eigenvalue weighted by Crippen LogP contribution is 2.24. The Balaban J connectivity index is 1.69. The van der Waals surface area contributed by atoms with E-state index >= 15 is 0 Å². The van der Waals surface area contributed by atoms with Crippen LogP contribution in [0, 0.1) is 0 Å². The summed E-state index contributed by atoms with van der Waals surface area (Å²) in [4.78, 5) is 33.6.